The molecule has 9 heteroatoms. The van der Waals surface area contributed by atoms with Gasteiger partial charge in [-0.2, -0.15) is 0 Å². The quantitative estimate of drug-likeness (QED) is 0.580. The Kier molecular flexibility index (Phi) is 4.99. The molecule has 1 fully saturated rings. The van der Waals surface area contributed by atoms with Crippen LogP contribution >= 0.6 is 0 Å². The molecule has 0 radical (unpaired) electrons. The molecule has 1 saturated carbocycles. The van der Waals surface area contributed by atoms with E-state index < -0.39 is 23.4 Å². The Balaban J connectivity index is 1.65. The monoisotopic (exact) mass is 423 g/mol. The molecule has 1 aliphatic carbocycles. The molecule has 1 atom stereocenters. The van der Waals surface area contributed by atoms with Gasteiger partial charge in [-0.1, -0.05) is 11.3 Å². The first-order valence-electron chi connectivity index (χ1n) is 10.4. The smallest absolute Gasteiger partial charge is 0.264 e. The summed E-state index contributed by atoms with van der Waals surface area (Å²) in [4.78, 5) is 51.3. The van der Waals surface area contributed by atoms with Crippen molar-refractivity contribution in [1.82, 2.24) is 19.9 Å². The Bertz CT molecular complexity index is 1100. The van der Waals surface area contributed by atoms with Crippen LogP contribution in [0.15, 0.2) is 24.4 Å². The van der Waals surface area contributed by atoms with Crippen LogP contribution in [0.1, 0.15) is 79.4 Å². The molecule has 0 bridgehead atoms. The van der Waals surface area contributed by atoms with Crippen molar-refractivity contribution in [1.29, 1.82) is 0 Å². The number of benzene rings is 1. The van der Waals surface area contributed by atoms with Gasteiger partial charge in [0.1, 0.15) is 11.5 Å². The van der Waals surface area contributed by atoms with Crippen LogP contribution in [-0.4, -0.2) is 49.3 Å². The van der Waals surface area contributed by atoms with Crippen molar-refractivity contribution in [2.75, 3.05) is 5.32 Å². The first-order chi connectivity index (χ1) is 14.6. The van der Waals surface area contributed by atoms with Crippen LogP contribution in [0.5, 0.6) is 0 Å². The van der Waals surface area contributed by atoms with E-state index in [9.17, 15) is 19.2 Å². The number of hydrogen-bond donors (Lipinski definition) is 1. The van der Waals surface area contributed by atoms with E-state index >= 15 is 0 Å². The number of carbonyl (C=O) groups excluding carboxylic acids is 4. The van der Waals surface area contributed by atoms with Gasteiger partial charge < -0.3 is 5.32 Å². The van der Waals surface area contributed by atoms with Crippen LogP contribution in [0, 0.1) is 0 Å². The SMILES string of the molecule is CC(C)n1cc(C(C)(C)Nc2cccc3c2C(=O)N(C2CCC(=O)CC2=O)C3=O)nn1. The van der Waals surface area contributed by atoms with Gasteiger partial charge in [0, 0.05) is 18.2 Å². The number of Topliss-reactive ketones (excluding diaryl/α,β-unsaturated/α-hetero) is 2. The third-order valence-corrected chi connectivity index (χ3v) is 5.82. The van der Waals surface area contributed by atoms with E-state index in [4.69, 9.17) is 0 Å². The average Bonchev–Trinajstić information content (AvgIpc) is 3.28. The first-order valence-corrected chi connectivity index (χ1v) is 10.4. The minimum absolute atomic E-state index is 0.156. The van der Waals surface area contributed by atoms with Crippen LogP contribution in [-0.2, 0) is 15.1 Å². The number of nitrogens with zero attached hydrogens (tertiary/aromatic N) is 4. The highest BCUT2D eigenvalue weighted by atomic mass is 16.2. The lowest BCUT2D eigenvalue weighted by atomic mass is 9.92. The summed E-state index contributed by atoms with van der Waals surface area (Å²) in [5.41, 5.74) is 0.990. The zero-order valence-corrected chi connectivity index (χ0v) is 18.0. The topological polar surface area (TPSA) is 114 Å². The van der Waals surface area contributed by atoms with Gasteiger partial charge in [-0.15, -0.1) is 5.10 Å². The van der Waals surface area contributed by atoms with E-state index in [1.807, 2.05) is 33.9 Å². The van der Waals surface area contributed by atoms with Crippen LogP contribution < -0.4 is 5.32 Å². The Morgan fingerprint density at radius 2 is 1.87 bits per heavy atom. The molecule has 0 spiro atoms. The molecule has 31 heavy (non-hydrogen) atoms. The highest BCUT2D eigenvalue weighted by Crippen LogP contribution is 2.35. The molecule has 1 aromatic heterocycles. The number of hydrogen-bond acceptors (Lipinski definition) is 7. The minimum atomic E-state index is -0.892. The van der Waals surface area contributed by atoms with Gasteiger partial charge in [-0.3, -0.25) is 24.1 Å². The number of amides is 2. The van der Waals surface area contributed by atoms with Crippen LogP contribution in [0.25, 0.3) is 0 Å². The number of fused-ring (bicyclic) bond motifs is 1. The van der Waals surface area contributed by atoms with E-state index in [2.05, 4.69) is 15.6 Å². The Labute approximate surface area is 179 Å². The molecule has 2 aromatic rings. The van der Waals surface area contributed by atoms with Crippen molar-refractivity contribution in [2.24, 2.45) is 0 Å². The van der Waals surface area contributed by atoms with Crippen LogP contribution in [0.4, 0.5) is 5.69 Å². The van der Waals surface area contributed by atoms with Gasteiger partial charge in [0.25, 0.3) is 11.8 Å². The van der Waals surface area contributed by atoms with Gasteiger partial charge in [0.2, 0.25) is 0 Å². The van der Waals surface area contributed by atoms with Gasteiger partial charge in [0.15, 0.2) is 5.78 Å². The Hall–Kier alpha value is -3.36. The van der Waals surface area contributed by atoms with Gasteiger partial charge in [-0.05, 0) is 46.2 Å². The van der Waals surface area contributed by atoms with Gasteiger partial charge in [0.05, 0.1) is 35.3 Å². The lowest BCUT2D eigenvalue weighted by Crippen LogP contribution is -2.47. The molecule has 1 N–H and O–H groups in total. The van der Waals surface area contributed by atoms with Crippen molar-refractivity contribution in [3.8, 4) is 0 Å². The maximum absolute atomic E-state index is 13.3. The number of aromatic nitrogens is 3. The van der Waals surface area contributed by atoms with Crippen LogP contribution in [0.2, 0.25) is 0 Å². The molecule has 0 saturated heterocycles. The van der Waals surface area contributed by atoms with Crippen molar-refractivity contribution in [3.05, 3.63) is 41.2 Å². The fourth-order valence-electron chi connectivity index (χ4n) is 4.04. The third-order valence-electron chi connectivity index (χ3n) is 5.82. The highest BCUT2D eigenvalue weighted by molar-refractivity contribution is 6.25. The molecular formula is C22H25N5O4. The molecule has 1 aromatic carbocycles. The average molecular weight is 423 g/mol. The highest BCUT2D eigenvalue weighted by Gasteiger charge is 2.45. The number of carbonyl (C=O) groups is 4. The molecule has 162 valence electrons. The normalized spacial score (nSPS) is 19.4. The summed E-state index contributed by atoms with van der Waals surface area (Å²) in [6.07, 6.45) is 1.97. The number of ketones is 2. The first kappa shape index (κ1) is 20.9. The summed E-state index contributed by atoms with van der Waals surface area (Å²) in [5, 5.41) is 11.7. The van der Waals surface area contributed by atoms with E-state index in [0.29, 0.717) is 11.4 Å². The van der Waals surface area contributed by atoms with E-state index in [1.54, 1.807) is 22.9 Å². The maximum Gasteiger partial charge on any atom is 0.264 e. The standard InChI is InChI=1S/C22H25N5O4/c1-12(2)26-11-18(24-25-26)22(3,4)23-15-7-5-6-14-19(15)21(31)27(20(14)30)16-9-8-13(28)10-17(16)29/h5-7,11-12,16,23H,8-10H2,1-4H3. The predicted octanol–water partition coefficient (Wildman–Crippen LogP) is 2.49. The molecule has 9 nitrogen and oxygen atoms in total. The van der Waals surface area contributed by atoms with E-state index in [0.717, 1.165) is 4.90 Å². The summed E-state index contributed by atoms with van der Waals surface area (Å²) in [5.74, 6) is -1.56. The van der Waals surface area contributed by atoms with Crippen molar-refractivity contribution < 1.29 is 19.2 Å². The Morgan fingerprint density at radius 3 is 2.52 bits per heavy atom. The summed E-state index contributed by atoms with van der Waals surface area (Å²) in [6.45, 7) is 7.83. The number of nitrogens with one attached hydrogen (secondary N) is 1. The van der Waals surface area contributed by atoms with Gasteiger partial charge in [-0.25, -0.2) is 4.68 Å². The van der Waals surface area contributed by atoms with E-state index in [-0.39, 0.29) is 48.0 Å². The van der Waals surface area contributed by atoms with Crippen molar-refractivity contribution in [3.63, 3.8) is 0 Å². The maximum atomic E-state index is 13.3. The molecule has 2 heterocycles. The predicted molar refractivity (Wildman–Crippen MR) is 112 cm³/mol. The second-order valence-electron chi connectivity index (χ2n) is 8.87. The number of imide groups is 1. The molecule has 1 unspecified atom stereocenters. The largest absolute Gasteiger partial charge is 0.374 e. The lowest BCUT2D eigenvalue weighted by Gasteiger charge is -2.28. The second-order valence-corrected chi connectivity index (χ2v) is 8.87. The third kappa shape index (κ3) is 3.54. The summed E-state index contributed by atoms with van der Waals surface area (Å²) in [7, 11) is 0. The molecule has 2 amide bonds. The fourth-order valence-corrected chi connectivity index (χ4v) is 4.04. The zero-order chi connectivity index (χ0) is 22.5. The summed E-state index contributed by atoms with van der Waals surface area (Å²) in [6, 6.07) is 4.28. The van der Waals surface area contributed by atoms with Gasteiger partial charge >= 0.3 is 0 Å². The van der Waals surface area contributed by atoms with Crippen LogP contribution in [0.3, 0.4) is 0 Å². The molecule has 4 rings (SSSR count). The lowest BCUT2D eigenvalue weighted by molar-refractivity contribution is -0.132. The molecular weight excluding hydrogens is 398 g/mol. The second kappa shape index (κ2) is 7.40. The van der Waals surface area contributed by atoms with E-state index in [1.165, 1.54) is 0 Å². The number of rotatable bonds is 5. The Morgan fingerprint density at radius 1 is 1.13 bits per heavy atom. The molecule has 2 aliphatic rings. The minimum Gasteiger partial charge on any atom is -0.374 e. The molecule has 1 aliphatic heterocycles. The fraction of sp³-hybridized carbons (Fsp3) is 0.455. The summed E-state index contributed by atoms with van der Waals surface area (Å²) < 4.78 is 1.75. The summed E-state index contributed by atoms with van der Waals surface area (Å²) >= 11 is 0. The van der Waals surface area contributed by atoms with Crippen molar-refractivity contribution in [2.45, 2.75) is 64.6 Å². The zero-order valence-electron chi connectivity index (χ0n) is 18.0. The number of anilines is 1. The van der Waals surface area contributed by atoms with Crippen molar-refractivity contribution >= 4 is 29.1 Å².